The molecule has 0 amide bonds. The predicted molar refractivity (Wildman–Crippen MR) is 73.3 cm³/mol. The predicted octanol–water partition coefficient (Wildman–Crippen LogP) is 2.19. The molecule has 1 unspecified atom stereocenters. The van der Waals surface area contributed by atoms with E-state index in [1.54, 1.807) is 0 Å². The molecule has 1 N–H and O–H groups in total. The van der Waals surface area contributed by atoms with Crippen molar-refractivity contribution >= 4 is 21.9 Å². The first-order valence-electron chi connectivity index (χ1n) is 5.96. The first-order chi connectivity index (χ1) is 8.47. The Bertz CT molecular complexity index is 551. The zero-order chi connectivity index (χ0) is 13.2. The summed E-state index contributed by atoms with van der Waals surface area (Å²) in [5.74, 6) is -0.192. The highest BCUT2D eigenvalue weighted by Crippen LogP contribution is 2.28. The third-order valence-electron chi connectivity index (χ3n) is 3.09. The summed E-state index contributed by atoms with van der Waals surface area (Å²) in [6, 6.07) is 8.26. The molecule has 1 aromatic carbocycles. The average Bonchev–Trinajstić information content (AvgIpc) is 2.31. The van der Waals surface area contributed by atoms with Gasteiger partial charge in [0.25, 0.3) is 10.1 Å². The normalized spacial score (nSPS) is 18.8. The Morgan fingerprint density at radius 3 is 2.78 bits per heavy atom. The van der Waals surface area contributed by atoms with E-state index in [-0.39, 0.29) is 11.8 Å². The van der Waals surface area contributed by atoms with Crippen LogP contribution in [0.25, 0.3) is 6.08 Å². The van der Waals surface area contributed by atoms with Gasteiger partial charge >= 0.3 is 0 Å². The lowest BCUT2D eigenvalue weighted by molar-refractivity contribution is 0.480. The van der Waals surface area contributed by atoms with E-state index in [9.17, 15) is 8.42 Å². The molecule has 0 aromatic heterocycles. The van der Waals surface area contributed by atoms with Crippen molar-refractivity contribution in [1.29, 1.82) is 0 Å². The number of anilines is 1. The quantitative estimate of drug-likeness (QED) is 0.850. The summed E-state index contributed by atoms with van der Waals surface area (Å²) in [7, 11) is -3.86. The minimum absolute atomic E-state index is 0.192. The van der Waals surface area contributed by atoms with E-state index in [1.165, 1.54) is 0 Å². The van der Waals surface area contributed by atoms with Crippen LogP contribution in [0.1, 0.15) is 18.9 Å². The summed E-state index contributed by atoms with van der Waals surface area (Å²) >= 11 is 0. The van der Waals surface area contributed by atoms with E-state index in [1.807, 2.05) is 24.3 Å². The molecule has 1 aliphatic rings. The van der Waals surface area contributed by atoms with Crippen molar-refractivity contribution < 1.29 is 13.0 Å². The Morgan fingerprint density at radius 1 is 1.33 bits per heavy atom. The number of nitrogens with zero attached hydrogens (tertiary/aromatic N) is 1. The van der Waals surface area contributed by atoms with Crippen molar-refractivity contribution in [2.75, 3.05) is 17.2 Å². The topological polar surface area (TPSA) is 57.6 Å². The van der Waals surface area contributed by atoms with Gasteiger partial charge in [0, 0.05) is 18.3 Å². The van der Waals surface area contributed by atoms with Crippen LogP contribution < -0.4 is 4.90 Å². The zero-order valence-corrected chi connectivity index (χ0v) is 11.1. The molecular weight excluding hydrogens is 250 g/mol. The third kappa shape index (κ3) is 3.11. The fourth-order valence-electron chi connectivity index (χ4n) is 2.20. The van der Waals surface area contributed by atoms with Gasteiger partial charge in [-0.25, -0.2) is 0 Å². The molecule has 0 saturated carbocycles. The lowest BCUT2D eigenvalue weighted by Crippen LogP contribution is -2.35. The first kappa shape index (κ1) is 13.1. The van der Waals surface area contributed by atoms with E-state index in [2.05, 4.69) is 24.0 Å². The van der Waals surface area contributed by atoms with Crippen LogP contribution in [-0.4, -0.2) is 31.3 Å². The van der Waals surface area contributed by atoms with E-state index in [4.69, 9.17) is 4.55 Å². The van der Waals surface area contributed by atoms with E-state index >= 15 is 0 Å². The maximum atomic E-state index is 10.7. The Morgan fingerprint density at radius 2 is 2.06 bits per heavy atom. The molecule has 1 atom stereocenters. The van der Waals surface area contributed by atoms with Crippen LogP contribution in [0.3, 0.4) is 0 Å². The largest absolute Gasteiger partial charge is 0.365 e. The summed E-state index contributed by atoms with van der Waals surface area (Å²) in [5.41, 5.74) is 2.25. The Labute approximate surface area is 108 Å². The van der Waals surface area contributed by atoms with Crippen LogP contribution in [0.2, 0.25) is 0 Å². The average molecular weight is 267 g/mol. The highest BCUT2D eigenvalue weighted by atomic mass is 32.2. The van der Waals surface area contributed by atoms with Crippen LogP contribution in [0.15, 0.2) is 30.3 Å². The molecule has 4 nitrogen and oxygen atoms in total. The SMILES string of the molecule is CC1C=Cc2ccccc2N1CCCS(=O)(=O)O. The van der Waals surface area contributed by atoms with Crippen LogP contribution in [-0.2, 0) is 10.1 Å². The van der Waals surface area contributed by atoms with Crippen molar-refractivity contribution in [3.05, 3.63) is 35.9 Å². The van der Waals surface area contributed by atoms with Crippen molar-refractivity contribution in [3.8, 4) is 0 Å². The third-order valence-corrected chi connectivity index (χ3v) is 3.90. The van der Waals surface area contributed by atoms with Gasteiger partial charge in [0.1, 0.15) is 0 Å². The van der Waals surface area contributed by atoms with Crippen molar-refractivity contribution in [2.45, 2.75) is 19.4 Å². The van der Waals surface area contributed by atoms with Gasteiger partial charge < -0.3 is 4.90 Å². The lowest BCUT2D eigenvalue weighted by atomic mass is 10.0. The molecule has 5 heteroatoms. The van der Waals surface area contributed by atoms with Gasteiger partial charge in [-0.05, 0) is 25.0 Å². The second kappa shape index (κ2) is 5.12. The van der Waals surface area contributed by atoms with E-state index in [0.29, 0.717) is 13.0 Å². The maximum Gasteiger partial charge on any atom is 0.264 e. The number of rotatable bonds is 4. The summed E-state index contributed by atoms with van der Waals surface area (Å²) in [6.45, 7) is 2.68. The van der Waals surface area contributed by atoms with Crippen molar-refractivity contribution in [1.82, 2.24) is 0 Å². The number of fused-ring (bicyclic) bond motifs is 1. The van der Waals surface area contributed by atoms with Gasteiger partial charge in [0.2, 0.25) is 0 Å². The molecule has 0 aliphatic carbocycles. The van der Waals surface area contributed by atoms with Crippen molar-refractivity contribution in [2.24, 2.45) is 0 Å². The molecule has 18 heavy (non-hydrogen) atoms. The van der Waals surface area contributed by atoms with Gasteiger partial charge in [-0.1, -0.05) is 30.4 Å². The standard InChI is InChI=1S/C13H17NO3S/c1-11-7-8-12-5-2-3-6-13(12)14(11)9-4-10-18(15,16)17/h2-3,5-8,11H,4,9-10H2,1H3,(H,15,16,17). The first-order valence-corrected chi connectivity index (χ1v) is 7.57. The summed E-state index contributed by atoms with van der Waals surface area (Å²) in [4.78, 5) is 2.15. The van der Waals surface area contributed by atoms with Gasteiger partial charge in [0.15, 0.2) is 0 Å². The van der Waals surface area contributed by atoms with Gasteiger partial charge in [-0.3, -0.25) is 4.55 Å². The fourth-order valence-corrected chi connectivity index (χ4v) is 2.69. The molecule has 1 aliphatic heterocycles. The maximum absolute atomic E-state index is 10.7. The molecular formula is C13H17NO3S. The van der Waals surface area contributed by atoms with Crippen LogP contribution in [0.5, 0.6) is 0 Å². The highest BCUT2D eigenvalue weighted by Gasteiger charge is 2.18. The second-order valence-electron chi connectivity index (χ2n) is 4.49. The van der Waals surface area contributed by atoms with Gasteiger partial charge in [-0.2, -0.15) is 8.42 Å². The molecule has 1 heterocycles. The smallest absolute Gasteiger partial charge is 0.264 e. The molecule has 0 spiro atoms. The molecule has 0 fully saturated rings. The molecule has 1 aromatic rings. The molecule has 0 bridgehead atoms. The minimum atomic E-state index is -3.86. The summed E-state index contributed by atoms with van der Waals surface area (Å²) in [5, 5.41) is 0. The van der Waals surface area contributed by atoms with Gasteiger partial charge in [-0.15, -0.1) is 0 Å². The Kier molecular flexibility index (Phi) is 3.73. The zero-order valence-electron chi connectivity index (χ0n) is 10.3. The summed E-state index contributed by atoms with van der Waals surface area (Å²) in [6.07, 6.45) is 4.60. The lowest BCUT2D eigenvalue weighted by Gasteiger charge is -2.33. The van der Waals surface area contributed by atoms with E-state index in [0.717, 1.165) is 11.3 Å². The molecule has 0 saturated heterocycles. The monoisotopic (exact) mass is 267 g/mol. The second-order valence-corrected chi connectivity index (χ2v) is 6.06. The fraction of sp³-hybridized carbons (Fsp3) is 0.385. The Hall–Kier alpha value is -1.33. The van der Waals surface area contributed by atoms with Crippen LogP contribution in [0.4, 0.5) is 5.69 Å². The van der Waals surface area contributed by atoms with Gasteiger partial charge in [0.05, 0.1) is 5.75 Å². The van der Waals surface area contributed by atoms with Crippen molar-refractivity contribution in [3.63, 3.8) is 0 Å². The Balaban J connectivity index is 2.10. The minimum Gasteiger partial charge on any atom is -0.365 e. The number of hydrogen-bond acceptors (Lipinski definition) is 3. The highest BCUT2D eigenvalue weighted by molar-refractivity contribution is 7.85. The molecule has 0 radical (unpaired) electrons. The van der Waals surface area contributed by atoms with Crippen LogP contribution in [0, 0.1) is 0 Å². The number of hydrogen-bond donors (Lipinski definition) is 1. The number of para-hydroxylation sites is 1. The molecule has 2 rings (SSSR count). The van der Waals surface area contributed by atoms with E-state index < -0.39 is 10.1 Å². The number of benzene rings is 1. The van der Waals surface area contributed by atoms with Crippen LogP contribution >= 0.6 is 0 Å². The summed E-state index contributed by atoms with van der Waals surface area (Å²) < 4.78 is 30.2. The molecule has 98 valence electrons.